The molecule has 0 aromatic heterocycles. The molecule has 1 aromatic rings. The van der Waals surface area contributed by atoms with Crippen molar-refractivity contribution in [3.05, 3.63) is 35.4 Å². The van der Waals surface area contributed by atoms with E-state index in [-0.39, 0.29) is 24.0 Å². The molecule has 0 bridgehead atoms. The molecule has 136 valence electrons. The molecule has 0 heterocycles. The third-order valence-electron chi connectivity index (χ3n) is 5.61. The normalized spacial score (nSPS) is 25.2. The van der Waals surface area contributed by atoms with Gasteiger partial charge in [0, 0.05) is 12.6 Å². The molecule has 1 fully saturated rings. The van der Waals surface area contributed by atoms with E-state index in [9.17, 15) is 9.59 Å². The fraction of sp³-hybridized carbons (Fsp3) is 0.600. The van der Waals surface area contributed by atoms with Crippen molar-refractivity contribution in [3.63, 3.8) is 0 Å². The summed E-state index contributed by atoms with van der Waals surface area (Å²) in [4.78, 5) is 26.0. The number of urea groups is 1. The first-order valence-corrected chi connectivity index (χ1v) is 9.48. The van der Waals surface area contributed by atoms with Crippen LogP contribution in [0.5, 0.6) is 0 Å². The summed E-state index contributed by atoms with van der Waals surface area (Å²) in [6, 6.07) is 8.66. The lowest BCUT2D eigenvalue weighted by Gasteiger charge is -2.33. The van der Waals surface area contributed by atoms with E-state index in [2.05, 4.69) is 30.4 Å². The van der Waals surface area contributed by atoms with Gasteiger partial charge in [-0.3, -0.25) is 4.79 Å². The molecule has 2 amide bonds. The highest BCUT2D eigenvalue weighted by Gasteiger charge is 2.32. The van der Waals surface area contributed by atoms with Crippen LogP contribution in [0.1, 0.15) is 62.6 Å². The highest BCUT2D eigenvalue weighted by Crippen LogP contribution is 2.36. The Labute approximate surface area is 149 Å². The van der Waals surface area contributed by atoms with Crippen molar-refractivity contribution < 1.29 is 14.7 Å². The Morgan fingerprint density at radius 3 is 2.56 bits per heavy atom. The maximum atomic E-state index is 12.9. The number of aliphatic carboxylic acids is 1. The Balaban J connectivity index is 1.63. The number of benzene rings is 1. The predicted octanol–water partition coefficient (Wildman–Crippen LogP) is 3.74. The number of carboxylic acid groups (broad SMARTS) is 1. The standard InChI is InChI=1S/C20H28N2O3/c1-2-13-22(18-12-9-14-5-3-4-6-17(14)18)20(25)21-16-10-7-15(8-11-16)19(23)24/h3-6,15-16,18H,2,7-13H2,1H3,(H,21,25)(H,23,24). The minimum absolute atomic E-state index is 0.00216. The van der Waals surface area contributed by atoms with Gasteiger partial charge in [0.2, 0.25) is 0 Å². The molecule has 1 aromatic carbocycles. The van der Waals surface area contributed by atoms with Crippen molar-refractivity contribution in [3.8, 4) is 0 Å². The highest BCUT2D eigenvalue weighted by molar-refractivity contribution is 5.75. The summed E-state index contributed by atoms with van der Waals surface area (Å²) in [5.74, 6) is -0.957. The summed E-state index contributed by atoms with van der Waals surface area (Å²) in [6.45, 7) is 2.84. The van der Waals surface area contributed by atoms with Crippen LogP contribution in [0.25, 0.3) is 0 Å². The molecule has 2 N–H and O–H groups in total. The number of nitrogens with one attached hydrogen (secondary N) is 1. The van der Waals surface area contributed by atoms with Gasteiger partial charge >= 0.3 is 12.0 Å². The van der Waals surface area contributed by atoms with E-state index in [0.29, 0.717) is 12.8 Å². The summed E-state index contributed by atoms with van der Waals surface area (Å²) in [5.41, 5.74) is 2.63. The van der Waals surface area contributed by atoms with Crippen LogP contribution in [0.2, 0.25) is 0 Å². The van der Waals surface area contributed by atoms with E-state index >= 15 is 0 Å². The number of carboxylic acids is 1. The van der Waals surface area contributed by atoms with Gasteiger partial charge < -0.3 is 15.3 Å². The topological polar surface area (TPSA) is 69.6 Å². The van der Waals surface area contributed by atoms with Crippen molar-refractivity contribution in [2.24, 2.45) is 5.92 Å². The first-order valence-electron chi connectivity index (χ1n) is 9.48. The van der Waals surface area contributed by atoms with Crippen LogP contribution in [-0.4, -0.2) is 34.6 Å². The van der Waals surface area contributed by atoms with Gasteiger partial charge in [-0.2, -0.15) is 0 Å². The second-order valence-electron chi connectivity index (χ2n) is 7.28. The van der Waals surface area contributed by atoms with Crippen LogP contribution in [0.3, 0.4) is 0 Å². The number of nitrogens with zero attached hydrogens (tertiary/aromatic N) is 1. The molecule has 3 rings (SSSR count). The van der Waals surface area contributed by atoms with Crippen molar-refractivity contribution in [1.82, 2.24) is 10.2 Å². The van der Waals surface area contributed by atoms with Crippen molar-refractivity contribution in [1.29, 1.82) is 0 Å². The molecule has 1 unspecified atom stereocenters. The molecule has 1 atom stereocenters. The molecule has 2 aliphatic carbocycles. The van der Waals surface area contributed by atoms with E-state index in [1.165, 1.54) is 11.1 Å². The molecule has 0 spiro atoms. The number of aryl methyl sites for hydroxylation is 1. The zero-order chi connectivity index (χ0) is 17.8. The van der Waals surface area contributed by atoms with Gasteiger partial charge in [-0.05, 0) is 56.1 Å². The zero-order valence-electron chi connectivity index (χ0n) is 14.9. The van der Waals surface area contributed by atoms with Crippen LogP contribution in [0.4, 0.5) is 4.79 Å². The molecule has 5 nitrogen and oxygen atoms in total. The average Bonchev–Trinajstić information content (AvgIpc) is 3.04. The van der Waals surface area contributed by atoms with E-state index in [0.717, 1.165) is 38.6 Å². The van der Waals surface area contributed by atoms with Crippen LogP contribution in [-0.2, 0) is 11.2 Å². The lowest BCUT2D eigenvalue weighted by atomic mass is 9.86. The monoisotopic (exact) mass is 344 g/mol. The molecule has 25 heavy (non-hydrogen) atoms. The minimum atomic E-state index is -0.708. The van der Waals surface area contributed by atoms with Crippen molar-refractivity contribution in [2.45, 2.75) is 64.0 Å². The molecular formula is C20H28N2O3. The fourth-order valence-electron chi connectivity index (χ4n) is 4.24. The summed E-state index contributed by atoms with van der Waals surface area (Å²) >= 11 is 0. The van der Waals surface area contributed by atoms with E-state index < -0.39 is 5.97 Å². The predicted molar refractivity (Wildman–Crippen MR) is 96.4 cm³/mol. The third kappa shape index (κ3) is 3.97. The number of carbonyl (C=O) groups is 2. The number of amides is 2. The lowest BCUT2D eigenvalue weighted by molar-refractivity contribution is -0.142. The van der Waals surface area contributed by atoms with E-state index in [4.69, 9.17) is 5.11 Å². The average molecular weight is 344 g/mol. The number of rotatable bonds is 5. The first kappa shape index (κ1) is 17.8. The summed E-state index contributed by atoms with van der Waals surface area (Å²) in [7, 11) is 0. The van der Waals surface area contributed by atoms with E-state index in [1.54, 1.807) is 0 Å². The molecule has 2 aliphatic rings. The maximum absolute atomic E-state index is 12.9. The molecule has 0 radical (unpaired) electrons. The number of hydrogen-bond acceptors (Lipinski definition) is 2. The fourth-order valence-corrected chi connectivity index (χ4v) is 4.24. The smallest absolute Gasteiger partial charge is 0.318 e. The number of fused-ring (bicyclic) bond motifs is 1. The quantitative estimate of drug-likeness (QED) is 0.855. The summed E-state index contributed by atoms with van der Waals surface area (Å²) in [6.07, 6.45) is 5.75. The van der Waals surface area contributed by atoms with Crippen LogP contribution in [0.15, 0.2) is 24.3 Å². The van der Waals surface area contributed by atoms with Gasteiger partial charge in [-0.1, -0.05) is 31.2 Å². The summed E-state index contributed by atoms with van der Waals surface area (Å²) in [5, 5.41) is 12.3. The number of carbonyl (C=O) groups excluding carboxylic acids is 1. The highest BCUT2D eigenvalue weighted by atomic mass is 16.4. The van der Waals surface area contributed by atoms with Gasteiger partial charge in [0.25, 0.3) is 0 Å². The van der Waals surface area contributed by atoms with Gasteiger partial charge in [0.05, 0.1) is 12.0 Å². The Morgan fingerprint density at radius 1 is 1.16 bits per heavy atom. The Morgan fingerprint density at radius 2 is 1.88 bits per heavy atom. The Bertz CT molecular complexity index is 623. The Kier molecular flexibility index (Phi) is 5.61. The molecule has 0 saturated heterocycles. The van der Waals surface area contributed by atoms with Gasteiger partial charge in [0.1, 0.15) is 0 Å². The van der Waals surface area contributed by atoms with Gasteiger partial charge in [-0.25, -0.2) is 4.79 Å². The summed E-state index contributed by atoms with van der Waals surface area (Å²) < 4.78 is 0. The van der Waals surface area contributed by atoms with Gasteiger partial charge in [0.15, 0.2) is 0 Å². The second-order valence-corrected chi connectivity index (χ2v) is 7.28. The lowest BCUT2D eigenvalue weighted by Crippen LogP contribution is -2.47. The van der Waals surface area contributed by atoms with Crippen molar-refractivity contribution in [2.75, 3.05) is 6.54 Å². The van der Waals surface area contributed by atoms with Gasteiger partial charge in [-0.15, -0.1) is 0 Å². The van der Waals surface area contributed by atoms with Crippen LogP contribution in [0, 0.1) is 5.92 Å². The van der Waals surface area contributed by atoms with E-state index in [1.807, 2.05) is 11.0 Å². The Hall–Kier alpha value is -2.04. The van der Waals surface area contributed by atoms with Crippen molar-refractivity contribution >= 4 is 12.0 Å². The molecule has 0 aliphatic heterocycles. The van der Waals surface area contributed by atoms with Crippen LogP contribution < -0.4 is 5.32 Å². The third-order valence-corrected chi connectivity index (χ3v) is 5.61. The minimum Gasteiger partial charge on any atom is -0.481 e. The maximum Gasteiger partial charge on any atom is 0.318 e. The largest absolute Gasteiger partial charge is 0.481 e. The second kappa shape index (κ2) is 7.89. The molecular weight excluding hydrogens is 316 g/mol. The zero-order valence-corrected chi connectivity index (χ0v) is 14.9. The SMILES string of the molecule is CCCN(C(=O)NC1CCC(C(=O)O)CC1)C1CCc2ccccc21. The van der Waals surface area contributed by atoms with Crippen LogP contribution >= 0.6 is 0 Å². The first-order chi connectivity index (χ1) is 12.1. The number of hydrogen-bond donors (Lipinski definition) is 2. The molecule has 5 heteroatoms. The molecule has 1 saturated carbocycles.